The fraction of sp³-hybridized carbons (Fsp3) is 0.643. The first-order valence-electron chi connectivity index (χ1n) is 7.15. The molecule has 2 heterocycles. The third kappa shape index (κ3) is 3.46. The highest BCUT2D eigenvalue weighted by molar-refractivity contribution is 7.91. The number of piperidine rings is 1. The maximum Gasteiger partial charge on any atom is 0.252 e. The highest BCUT2D eigenvalue weighted by atomic mass is 32.2. The number of likely N-dealkylation sites (tertiary alicyclic amines) is 1. The Hall–Kier alpha value is -0.920. The van der Waals surface area contributed by atoms with Gasteiger partial charge in [-0.15, -0.1) is 11.3 Å². The van der Waals surface area contributed by atoms with Gasteiger partial charge in [-0.3, -0.25) is 4.79 Å². The van der Waals surface area contributed by atoms with Crippen molar-refractivity contribution >= 4 is 27.3 Å². The number of rotatable bonds is 4. The standard InChI is InChI=1S/C14H22N2O3S2/c1-11-6-4-7-12(2)16(11)13(17)10-15(3)21(18,19)14-8-5-9-20-14/h5,8-9,11-12H,4,6-7,10H2,1-3H3. The van der Waals surface area contributed by atoms with E-state index in [1.807, 2.05) is 18.7 Å². The van der Waals surface area contributed by atoms with Crippen LogP contribution in [-0.2, 0) is 14.8 Å². The van der Waals surface area contributed by atoms with E-state index in [0.717, 1.165) is 23.6 Å². The number of nitrogens with zero attached hydrogens (tertiary/aromatic N) is 2. The monoisotopic (exact) mass is 330 g/mol. The summed E-state index contributed by atoms with van der Waals surface area (Å²) in [5.74, 6) is -0.114. The van der Waals surface area contributed by atoms with Crippen LogP contribution in [0.25, 0.3) is 0 Å². The fourth-order valence-electron chi connectivity index (χ4n) is 2.83. The quantitative estimate of drug-likeness (QED) is 0.850. The van der Waals surface area contributed by atoms with Gasteiger partial charge < -0.3 is 4.90 Å². The molecule has 0 N–H and O–H groups in total. The molecule has 1 aliphatic heterocycles. The molecule has 118 valence electrons. The van der Waals surface area contributed by atoms with Gasteiger partial charge in [0.15, 0.2) is 0 Å². The molecule has 7 heteroatoms. The third-order valence-corrected chi connectivity index (χ3v) is 7.18. The van der Waals surface area contributed by atoms with Crippen LogP contribution < -0.4 is 0 Å². The summed E-state index contributed by atoms with van der Waals surface area (Å²) in [6.45, 7) is 3.96. The number of sulfonamides is 1. The Labute approximate surface area is 130 Å². The average Bonchev–Trinajstić information content (AvgIpc) is 2.92. The second-order valence-corrected chi connectivity index (χ2v) is 8.84. The molecule has 0 bridgehead atoms. The number of hydrogen-bond donors (Lipinski definition) is 0. The molecule has 0 spiro atoms. The van der Waals surface area contributed by atoms with Crippen molar-refractivity contribution in [2.24, 2.45) is 0 Å². The first-order valence-corrected chi connectivity index (χ1v) is 9.47. The lowest BCUT2D eigenvalue weighted by atomic mass is 9.97. The van der Waals surface area contributed by atoms with Gasteiger partial charge in [-0.2, -0.15) is 4.31 Å². The molecule has 2 unspecified atom stereocenters. The molecule has 1 aliphatic rings. The number of thiophene rings is 1. The molecule has 21 heavy (non-hydrogen) atoms. The summed E-state index contributed by atoms with van der Waals surface area (Å²) in [7, 11) is -2.10. The van der Waals surface area contributed by atoms with Gasteiger partial charge in [0, 0.05) is 19.1 Å². The second kappa shape index (κ2) is 6.46. The lowest BCUT2D eigenvalue weighted by molar-refractivity contribution is -0.137. The van der Waals surface area contributed by atoms with Gasteiger partial charge in [-0.1, -0.05) is 6.07 Å². The Kier molecular flexibility index (Phi) is 5.06. The molecule has 1 saturated heterocycles. The van der Waals surface area contributed by atoms with Crippen molar-refractivity contribution in [2.75, 3.05) is 13.6 Å². The van der Waals surface area contributed by atoms with Gasteiger partial charge in [-0.05, 0) is 44.6 Å². The lowest BCUT2D eigenvalue weighted by Crippen LogP contribution is -2.51. The number of carbonyl (C=O) groups is 1. The Bertz CT molecular complexity index is 573. The first-order chi connectivity index (χ1) is 9.84. The Morgan fingerprint density at radius 1 is 1.38 bits per heavy atom. The van der Waals surface area contributed by atoms with Crippen LogP contribution in [0.3, 0.4) is 0 Å². The van der Waals surface area contributed by atoms with Crippen LogP contribution in [0.4, 0.5) is 0 Å². The molecular formula is C14H22N2O3S2. The van der Waals surface area contributed by atoms with Crippen LogP contribution in [0.1, 0.15) is 33.1 Å². The number of amides is 1. The van der Waals surface area contributed by atoms with E-state index in [4.69, 9.17) is 0 Å². The van der Waals surface area contributed by atoms with E-state index in [-0.39, 0.29) is 28.7 Å². The van der Waals surface area contributed by atoms with Gasteiger partial charge in [-0.25, -0.2) is 8.42 Å². The zero-order valence-electron chi connectivity index (χ0n) is 12.7. The topological polar surface area (TPSA) is 57.7 Å². The van der Waals surface area contributed by atoms with Crippen molar-refractivity contribution in [3.63, 3.8) is 0 Å². The zero-order chi connectivity index (χ0) is 15.6. The minimum atomic E-state index is -3.56. The van der Waals surface area contributed by atoms with E-state index in [1.54, 1.807) is 17.5 Å². The molecule has 0 radical (unpaired) electrons. The summed E-state index contributed by atoms with van der Waals surface area (Å²) in [5, 5.41) is 1.72. The van der Waals surface area contributed by atoms with Crippen molar-refractivity contribution in [3.8, 4) is 0 Å². The van der Waals surface area contributed by atoms with E-state index in [0.29, 0.717) is 0 Å². The molecule has 1 fully saturated rings. The number of likely N-dealkylation sites (N-methyl/N-ethyl adjacent to an activating group) is 1. The van der Waals surface area contributed by atoms with Gasteiger partial charge in [0.25, 0.3) is 10.0 Å². The van der Waals surface area contributed by atoms with Gasteiger partial charge >= 0.3 is 0 Å². The van der Waals surface area contributed by atoms with Crippen molar-refractivity contribution in [3.05, 3.63) is 17.5 Å². The maximum atomic E-state index is 12.5. The van der Waals surface area contributed by atoms with Crippen LogP contribution in [0, 0.1) is 0 Å². The first kappa shape index (κ1) is 16.5. The summed E-state index contributed by atoms with van der Waals surface area (Å²) in [6.07, 6.45) is 3.09. The highest BCUT2D eigenvalue weighted by Crippen LogP contribution is 2.24. The lowest BCUT2D eigenvalue weighted by Gasteiger charge is -2.39. The SMILES string of the molecule is CC1CCCC(C)N1C(=O)CN(C)S(=O)(=O)c1cccs1. The molecule has 0 aromatic carbocycles. The zero-order valence-corrected chi connectivity index (χ0v) is 14.3. The van der Waals surface area contributed by atoms with Gasteiger partial charge in [0.2, 0.25) is 5.91 Å². The van der Waals surface area contributed by atoms with Crippen LogP contribution in [0.15, 0.2) is 21.7 Å². The maximum absolute atomic E-state index is 12.5. The molecule has 1 aromatic rings. The van der Waals surface area contributed by atoms with E-state index in [9.17, 15) is 13.2 Å². The van der Waals surface area contributed by atoms with E-state index < -0.39 is 10.0 Å². The highest BCUT2D eigenvalue weighted by Gasteiger charge is 2.32. The Morgan fingerprint density at radius 3 is 2.52 bits per heavy atom. The summed E-state index contributed by atoms with van der Waals surface area (Å²) in [5.41, 5.74) is 0. The number of carbonyl (C=O) groups excluding carboxylic acids is 1. The molecule has 2 atom stereocenters. The summed E-state index contributed by atoms with van der Waals surface area (Å²) in [4.78, 5) is 14.3. The number of hydrogen-bond acceptors (Lipinski definition) is 4. The molecule has 2 rings (SSSR count). The van der Waals surface area contributed by atoms with Gasteiger partial charge in [0.1, 0.15) is 4.21 Å². The normalized spacial score (nSPS) is 23.5. The van der Waals surface area contributed by atoms with Gasteiger partial charge in [0.05, 0.1) is 6.54 Å². The summed E-state index contributed by atoms with van der Waals surface area (Å²) >= 11 is 1.17. The van der Waals surface area contributed by atoms with Crippen LogP contribution >= 0.6 is 11.3 Å². The van der Waals surface area contributed by atoms with Crippen molar-refractivity contribution in [2.45, 2.75) is 49.4 Å². The van der Waals surface area contributed by atoms with Crippen molar-refractivity contribution in [1.82, 2.24) is 9.21 Å². The molecular weight excluding hydrogens is 308 g/mol. The minimum absolute atomic E-state index is 0.102. The predicted molar refractivity (Wildman–Crippen MR) is 83.8 cm³/mol. The molecule has 0 aliphatic carbocycles. The van der Waals surface area contributed by atoms with Crippen LogP contribution in [-0.4, -0.2) is 49.2 Å². The molecule has 5 nitrogen and oxygen atoms in total. The smallest absolute Gasteiger partial charge is 0.252 e. The molecule has 0 saturated carbocycles. The van der Waals surface area contributed by atoms with E-state index >= 15 is 0 Å². The molecule has 1 aromatic heterocycles. The average molecular weight is 330 g/mol. The minimum Gasteiger partial charge on any atom is -0.336 e. The summed E-state index contributed by atoms with van der Waals surface area (Å²) < 4.78 is 26.1. The van der Waals surface area contributed by atoms with Crippen LogP contribution in [0.2, 0.25) is 0 Å². The predicted octanol–water partition coefficient (Wildman–Crippen LogP) is 2.16. The van der Waals surface area contributed by atoms with Crippen molar-refractivity contribution in [1.29, 1.82) is 0 Å². The second-order valence-electron chi connectivity index (χ2n) is 5.62. The van der Waals surface area contributed by atoms with Crippen molar-refractivity contribution < 1.29 is 13.2 Å². The Morgan fingerprint density at radius 2 is 2.00 bits per heavy atom. The van der Waals surface area contributed by atoms with E-state index in [2.05, 4.69) is 0 Å². The fourth-order valence-corrected chi connectivity index (χ4v) is 5.16. The third-order valence-electron chi connectivity index (χ3n) is 4.00. The largest absolute Gasteiger partial charge is 0.336 e. The van der Waals surface area contributed by atoms with E-state index in [1.165, 1.54) is 18.4 Å². The Balaban J connectivity index is 2.08. The molecule has 1 amide bonds. The van der Waals surface area contributed by atoms with Crippen LogP contribution in [0.5, 0.6) is 0 Å². The summed E-state index contributed by atoms with van der Waals surface area (Å²) in [6, 6.07) is 3.62.